The maximum Gasteiger partial charge on any atom is 0.223 e. The average Bonchev–Trinajstić information content (AvgIpc) is 2.55. The molecule has 0 aliphatic carbocycles. The summed E-state index contributed by atoms with van der Waals surface area (Å²) in [5.41, 5.74) is 2.29. The zero-order chi connectivity index (χ0) is 16.2. The van der Waals surface area contributed by atoms with Crippen LogP contribution in [0.5, 0.6) is 5.88 Å². The van der Waals surface area contributed by atoms with Crippen molar-refractivity contribution in [3.8, 4) is 5.88 Å². The number of nitrogens with zero attached hydrogens (tertiary/aromatic N) is 1. The van der Waals surface area contributed by atoms with Gasteiger partial charge in [-0.3, -0.25) is 0 Å². The molecule has 1 N–H and O–H groups in total. The third-order valence-corrected chi connectivity index (χ3v) is 3.78. The molecular weight excluding hydrogens is 284 g/mol. The predicted molar refractivity (Wildman–Crippen MR) is 96.0 cm³/mol. The van der Waals surface area contributed by atoms with Crippen molar-refractivity contribution in [2.24, 2.45) is 0 Å². The molecule has 1 unspecified atom stereocenters. The Morgan fingerprint density at radius 3 is 2.43 bits per heavy atom. The van der Waals surface area contributed by atoms with Gasteiger partial charge in [0.1, 0.15) is 0 Å². The van der Waals surface area contributed by atoms with E-state index in [2.05, 4.69) is 59.7 Å². The number of hydrogen-bond acceptors (Lipinski definition) is 3. The Labute approximate surface area is 137 Å². The summed E-state index contributed by atoms with van der Waals surface area (Å²) in [5.74, 6) is 0.681. The minimum absolute atomic E-state index is 0.0905. The van der Waals surface area contributed by atoms with Crippen molar-refractivity contribution in [3.05, 3.63) is 66.4 Å². The molecular formula is C20H22N2O. The van der Waals surface area contributed by atoms with Gasteiger partial charge in [-0.05, 0) is 43.9 Å². The molecule has 3 aromatic rings. The molecule has 1 atom stereocenters. The molecule has 0 amide bonds. The summed E-state index contributed by atoms with van der Waals surface area (Å²) >= 11 is 0. The monoisotopic (exact) mass is 306 g/mol. The largest absolute Gasteiger partial charge is 0.474 e. The molecule has 3 nitrogen and oxygen atoms in total. The summed E-state index contributed by atoms with van der Waals surface area (Å²) in [4.78, 5) is 4.43. The van der Waals surface area contributed by atoms with E-state index in [9.17, 15) is 0 Å². The van der Waals surface area contributed by atoms with Gasteiger partial charge in [-0.1, -0.05) is 42.5 Å². The van der Waals surface area contributed by atoms with Crippen LogP contribution in [-0.2, 0) is 0 Å². The van der Waals surface area contributed by atoms with Crippen LogP contribution in [0.1, 0.15) is 32.4 Å². The maximum atomic E-state index is 5.90. The highest BCUT2D eigenvalue weighted by molar-refractivity contribution is 5.97. The zero-order valence-electron chi connectivity index (χ0n) is 13.8. The first-order chi connectivity index (χ1) is 11.1. The fourth-order valence-corrected chi connectivity index (χ4v) is 2.69. The van der Waals surface area contributed by atoms with Gasteiger partial charge in [0.05, 0.1) is 11.5 Å². The van der Waals surface area contributed by atoms with Gasteiger partial charge in [-0.15, -0.1) is 0 Å². The van der Waals surface area contributed by atoms with E-state index in [1.807, 2.05) is 26.0 Å². The topological polar surface area (TPSA) is 34.1 Å². The molecule has 0 fully saturated rings. The molecule has 0 bridgehead atoms. The van der Waals surface area contributed by atoms with Crippen LogP contribution in [0.3, 0.4) is 0 Å². The van der Waals surface area contributed by atoms with Crippen molar-refractivity contribution in [1.29, 1.82) is 0 Å². The number of fused-ring (bicyclic) bond motifs is 1. The van der Waals surface area contributed by atoms with Crippen molar-refractivity contribution >= 4 is 16.5 Å². The minimum atomic E-state index is 0.0905. The molecule has 118 valence electrons. The van der Waals surface area contributed by atoms with Crippen LogP contribution in [0, 0.1) is 0 Å². The molecule has 3 heteroatoms. The van der Waals surface area contributed by atoms with E-state index in [1.165, 1.54) is 5.56 Å². The summed E-state index contributed by atoms with van der Waals surface area (Å²) in [6.45, 7) is 6.19. The number of pyridine rings is 1. The summed E-state index contributed by atoms with van der Waals surface area (Å²) in [6, 6.07) is 18.9. The number of nitrogens with one attached hydrogen (secondary N) is 1. The van der Waals surface area contributed by atoms with E-state index >= 15 is 0 Å². The van der Waals surface area contributed by atoms with Crippen molar-refractivity contribution in [2.75, 3.05) is 5.32 Å². The SMILES string of the molecule is CC(C)Oc1nccc2cccc(NC(C)c3ccccc3)c12. The summed E-state index contributed by atoms with van der Waals surface area (Å²) in [7, 11) is 0. The van der Waals surface area contributed by atoms with Gasteiger partial charge in [0.25, 0.3) is 0 Å². The smallest absolute Gasteiger partial charge is 0.223 e. The highest BCUT2D eigenvalue weighted by Crippen LogP contribution is 2.33. The molecule has 2 aromatic carbocycles. The van der Waals surface area contributed by atoms with Gasteiger partial charge in [0.2, 0.25) is 5.88 Å². The third-order valence-electron chi connectivity index (χ3n) is 3.78. The second-order valence-electron chi connectivity index (χ2n) is 5.96. The van der Waals surface area contributed by atoms with Gasteiger partial charge in [-0.25, -0.2) is 4.98 Å². The lowest BCUT2D eigenvalue weighted by Crippen LogP contribution is -2.10. The average molecular weight is 306 g/mol. The second-order valence-corrected chi connectivity index (χ2v) is 5.96. The molecule has 1 aromatic heterocycles. The van der Waals surface area contributed by atoms with Crippen LogP contribution in [0.25, 0.3) is 10.8 Å². The van der Waals surface area contributed by atoms with Gasteiger partial charge in [-0.2, -0.15) is 0 Å². The van der Waals surface area contributed by atoms with Crippen LogP contribution < -0.4 is 10.1 Å². The lowest BCUT2D eigenvalue weighted by Gasteiger charge is -2.19. The number of aromatic nitrogens is 1. The van der Waals surface area contributed by atoms with Crippen molar-refractivity contribution < 1.29 is 4.74 Å². The first-order valence-corrected chi connectivity index (χ1v) is 8.01. The molecule has 0 aliphatic rings. The first kappa shape index (κ1) is 15.3. The van der Waals surface area contributed by atoms with Gasteiger partial charge < -0.3 is 10.1 Å². The molecule has 3 rings (SSSR count). The van der Waals surface area contributed by atoms with Crippen LogP contribution in [0.2, 0.25) is 0 Å². The number of anilines is 1. The Morgan fingerprint density at radius 2 is 1.70 bits per heavy atom. The summed E-state index contributed by atoms with van der Waals surface area (Å²) < 4.78 is 5.90. The molecule has 1 heterocycles. The molecule has 0 aliphatic heterocycles. The minimum Gasteiger partial charge on any atom is -0.474 e. The Balaban J connectivity index is 2.00. The fraction of sp³-hybridized carbons (Fsp3) is 0.250. The first-order valence-electron chi connectivity index (χ1n) is 8.01. The van der Waals surface area contributed by atoms with Crippen molar-refractivity contribution in [1.82, 2.24) is 4.98 Å². The van der Waals surface area contributed by atoms with E-state index in [1.54, 1.807) is 6.20 Å². The Kier molecular flexibility index (Phi) is 4.47. The Morgan fingerprint density at radius 1 is 0.913 bits per heavy atom. The van der Waals surface area contributed by atoms with Crippen LogP contribution in [0.15, 0.2) is 60.8 Å². The van der Waals surface area contributed by atoms with E-state index in [-0.39, 0.29) is 12.1 Å². The van der Waals surface area contributed by atoms with Crippen molar-refractivity contribution in [2.45, 2.75) is 32.9 Å². The van der Waals surface area contributed by atoms with Crippen LogP contribution >= 0.6 is 0 Å². The molecule has 0 saturated heterocycles. The normalized spacial score (nSPS) is 12.3. The van der Waals surface area contributed by atoms with E-state index < -0.39 is 0 Å². The standard InChI is InChI=1S/C20H22N2O/c1-14(2)23-20-19-17(12-13-21-20)10-7-11-18(19)22-15(3)16-8-5-4-6-9-16/h4-15,22H,1-3H3. The van der Waals surface area contributed by atoms with Gasteiger partial charge in [0, 0.05) is 17.9 Å². The molecule has 0 radical (unpaired) electrons. The van der Waals surface area contributed by atoms with Crippen LogP contribution in [0.4, 0.5) is 5.69 Å². The Bertz CT molecular complexity index is 779. The molecule has 0 spiro atoms. The molecule has 23 heavy (non-hydrogen) atoms. The maximum absolute atomic E-state index is 5.90. The fourth-order valence-electron chi connectivity index (χ4n) is 2.69. The number of hydrogen-bond donors (Lipinski definition) is 1. The van der Waals surface area contributed by atoms with Crippen molar-refractivity contribution in [3.63, 3.8) is 0 Å². The van der Waals surface area contributed by atoms with Gasteiger partial charge in [0.15, 0.2) is 0 Å². The lowest BCUT2D eigenvalue weighted by molar-refractivity contribution is 0.236. The third kappa shape index (κ3) is 3.45. The number of benzene rings is 2. The second kappa shape index (κ2) is 6.69. The lowest BCUT2D eigenvalue weighted by atomic mass is 10.1. The highest BCUT2D eigenvalue weighted by atomic mass is 16.5. The molecule has 0 saturated carbocycles. The number of rotatable bonds is 5. The Hall–Kier alpha value is -2.55. The van der Waals surface area contributed by atoms with E-state index in [0.717, 1.165) is 16.5 Å². The quantitative estimate of drug-likeness (QED) is 0.704. The van der Waals surface area contributed by atoms with Crippen LogP contribution in [-0.4, -0.2) is 11.1 Å². The predicted octanol–water partition coefficient (Wildman–Crippen LogP) is 5.20. The number of ether oxygens (including phenoxy) is 1. The summed E-state index contributed by atoms with van der Waals surface area (Å²) in [6.07, 6.45) is 1.89. The van der Waals surface area contributed by atoms with Gasteiger partial charge >= 0.3 is 0 Å². The highest BCUT2D eigenvalue weighted by Gasteiger charge is 2.12. The van der Waals surface area contributed by atoms with E-state index in [4.69, 9.17) is 4.74 Å². The summed E-state index contributed by atoms with van der Waals surface area (Å²) in [5, 5.41) is 5.75. The zero-order valence-corrected chi connectivity index (χ0v) is 13.8. The van der Waals surface area contributed by atoms with E-state index in [0.29, 0.717) is 5.88 Å².